The molecule has 5 heteroatoms. The van der Waals surface area contributed by atoms with Crippen LogP contribution in [0.25, 0.3) is 0 Å². The molecule has 1 aliphatic rings. The summed E-state index contributed by atoms with van der Waals surface area (Å²) in [6.07, 6.45) is 3.17. The largest absolute Gasteiger partial charge is 0.341 e. The molecule has 0 radical (unpaired) electrons. The van der Waals surface area contributed by atoms with Gasteiger partial charge in [0.05, 0.1) is 6.07 Å². The van der Waals surface area contributed by atoms with Crippen LogP contribution in [0.1, 0.15) is 47.0 Å². The van der Waals surface area contributed by atoms with E-state index in [-0.39, 0.29) is 18.4 Å². The maximum Gasteiger partial charge on any atom is 0.243 e. The molecule has 0 aliphatic heterocycles. The second kappa shape index (κ2) is 7.10. The summed E-state index contributed by atoms with van der Waals surface area (Å²) in [7, 11) is 0. The molecule has 0 aromatic heterocycles. The summed E-state index contributed by atoms with van der Waals surface area (Å²) in [6.45, 7) is 7.72. The predicted molar refractivity (Wildman–Crippen MR) is 78.9 cm³/mol. The van der Waals surface area contributed by atoms with Crippen LogP contribution in [-0.2, 0) is 9.53 Å². The lowest BCUT2D eigenvalue weighted by Crippen LogP contribution is -2.51. The van der Waals surface area contributed by atoms with Crippen molar-refractivity contribution in [1.29, 1.82) is 5.26 Å². The Labute approximate surface area is 126 Å². The summed E-state index contributed by atoms with van der Waals surface area (Å²) < 4.78 is 5.56. The highest BCUT2D eigenvalue weighted by Crippen LogP contribution is 2.36. The van der Waals surface area contributed by atoms with E-state index in [4.69, 9.17) is 21.6 Å². The number of hydrogen-bond acceptors (Lipinski definition) is 3. The van der Waals surface area contributed by atoms with Gasteiger partial charge in [-0.2, -0.15) is 5.26 Å². The van der Waals surface area contributed by atoms with Crippen molar-refractivity contribution in [3.05, 3.63) is 11.3 Å². The zero-order valence-electron chi connectivity index (χ0n) is 12.7. The van der Waals surface area contributed by atoms with Gasteiger partial charge in [0, 0.05) is 5.70 Å². The minimum Gasteiger partial charge on any atom is -0.341 e. The zero-order valence-corrected chi connectivity index (χ0v) is 13.5. The van der Waals surface area contributed by atoms with E-state index in [1.807, 2.05) is 6.07 Å². The van der Waals surface area contributed by atoms with E-state index >= 15 is 0 Å². The molecule has 4 nitrogen and oxygen atoms in total. The van der Waals surface area contributed by atoms with E-state index in [9.17, 15) is 4.79 Å². The Morgan fingerprint density at radius 1 is 1.60 bits per heavy atom. The van der Waals surface area contributed by atoms with E-state index in [0.717, 1.165) is 25.0 Å². The maximum atomic E-state index is 12.3. The second-order valence-electron chi connectivity index (χ2n) is 5.72. The van der Waals surface area contributed by atoms with Crippen LogP contribution >= 0.6 is 11.6 Å². The van der Waals surface area contributed by atoms with Crippen LogP contribution < -0.4 is 0 Å². The summed E-state index contributed by atoms with van der Waals surface area (Å²) in [5.74, 6) is 0.0154. The number of amides is 1. The molecule has 1 aliphatic carbocycles. The van der Waals surface area contributed by atoms with Crippen LogP contribution in [-0.4, -0.2) is 29.0 Å². The van der Waals surface area contributed by atoms with Crippen LogP contribution in [0.2, 0.25) is 0 Å². The molecule has 0 aromatic rings. The van der Waals surface area contributed by atoms with E-state index < -0.39 is 5.72 Å². The monoisotopic (exact) mass is 298 g/mol. The molecule has 0 heterocycles. The molecule has 1 amide bonds. The van der Waals surface area contributed by atoms with Crippen molar-refractivity contribution >= 4 is 17.5 Å². The van der Waals surface area contributed by atoms with Gasteiger partial charge in [-0.05, 0) is 46.0 Å². The Bertz CT molecular complexity index is 438. The topological polar surface area (TPSA) is 53.3 Å². The SMILES string of the molecule is CC1=C(N(C(=O)CCl)C(C)(C)OCC#N)C(C)CCC1. The molecular weight excluding hydrogens is 276 g/mol. The number of alkyl halides is 1. The van der Waals surface area contributed by atoms with Crippen molar-refractivity contribution < 1.29 is 9.53 Å². The molecule has 20 heavy (non-hydrogen) atoms. The number of carbonyl (C=O) groups is 1. The van der Waals surface area contributed by atoms with Gasteiger partial charge in [-0.3, -0.25) is 9.69 Å². The minimum atomic E-state index is -0.871. The van der Waals surface area contributed by atoms with Crippen LogP contribution in [0, 0.1) is 17.2 Å². The lowest BCUT2D eigenvalue weighted by Gasteiger charge is -2.43. The Hall–Kier alpha value is -1.05. The predicted octanol–water partition coefficient (Wildman–Crippen LogP) is 3.42. The van der Waals surface area contributed by atoms with Gasteiger partial charge in [-0.25, -0.2) is 0 Å². The quantitative estimate of drug-likeness (QED) is 0.577. The van der Waals surface area contributed by atoms with Gasteiger partial charge >= 0.3 is 0 Å². The Morgan fingerprint density at radius 3 is 2.75 bits per heavy atom. The lowest BCUT2D eigenvalue weighted by molar-refractivity contribution is -0.155. The molecule has 112 valence electrons. The average molecular weight is 299 g/mol. The third-order valence-corrected chi connectivity index (χ3v) is 3.95. The van der Waals surface area contributed by atoms with Crippen LogP contribution in [0.15, 0.2) is 11.3 Å². The first kappa shape index (κ1) is 17.0. The van der Waals surface area contributed by atoms with Gasteiger partial charge in [-0.15, -0.1) is 11.6 Å². The normalized spacial score (nSPS) is 19.7. The average Bonchev–Trinajstić information content (AvgIpc) is 2.39. The van der Waals surface area contributed by atoms with Crippen molar-refractivity contribution in [3.8, 4) is 6.07 Å². The van der Waals surface area contributed by atoms with E-state index in [0.29, 0.717) is 5.92 Å². The highest BCUT2D eigenvalue weighted by atomic mass is 35.5. The lowest BCUT2D eigenvalue weighted by atomic mass is 9.87. The Balaban J connectivity index is 3.19. The molecule has 1 rings (SSSR count). The molecule has 1 unspecified atom stereocenters. The zero-order chi connectivity index (χ0) is 15.3. The summed E-state index contributed by atoms with van der Waals surface area (Å²) in [4.78, 5) is 14.0. The highest BCUT2D eigenvalue weighted by molar-refractivity contribution is 6.27. The number of nitriles is 1. The summed E-state index contributed by atoms with van der Waals surface area (Å²) in [6, 6.07) is 1.95. The van der Waals surface area contributed by atoms with Crippen molar-refractivity contribution in [2.75, 3.05) is 12.5 Å². The number of halogens is 1. The highest BCUT2D eigenvalue weighted by Gasteiger charge is 2.37. The smallest absolute Gasteiger partial charge is 0.243 e. The maximum absolute atomic E-state index is 12.3. The Kier molecular flexibility index (Phi) is 6.04. The number of rotatable bonds is 5. The molecule has 0 fully saturated rings. The van der Waals surface area contributed by atoms with E-state index in [1.165, 1.54) is 5.57 Å². The summed E-state index contributed by atoms with van der Waals surface area (Å²) in [5.41, 5.74) is 1.34. The van der Waals surface area contributed by atoms with Crippen molar-refractivity contribution in [2.45, 2.75) is 52.7 Å². The summed E-state index contributed by atoms with van der Waals surface area (Å²) in [5, 5.41) is 8.70. The van der Waals surface area contributed by atoms with Gasteiger partial charge < -0.3 is 4.74 Å². The van der Waals surface area contributed by atoms with Gasteiger partial charge in [0.25, 0.3) is 0 Å². The van der Waals surface area contributed by atoms with Crippen LogP contribution in [0.5, 0.6) is 0 Å². The summed E-state index contributed by atoms with van der Waals surface area (Å²) >= 11 is 5.77. The van der Waals surface area contributed by atoms with Gasteiger partial charge in [0.2, 0.25) is 5.91 Å². The van der Waals surface area contributed by atoms with Crippen molar-refractivity contribution in [1.82, 2.24) is 4.90 Å². The van der Waals surface area contributed by atoms with Crippen LogP contribution in [0.4, 0.5) is 0 Å². The molecule has 0 N–H and O–H groups in total. The fourth-order valence-corrected chi connectivity index (χ4v) is 2.95. The first-order valence-electron chi connectivity index (χ1n) is 6.94. The molecule has 0 spiro atoms. The number of nitrogens with zero attached hydrogens (tertiary/aromatic N) is 2. The van der Waals surface area contributed by atoms with Crippen LogP contribution in [0.3, 0.4) is 0 Å². The first-order valence-corrected chi connectivity index (χ1v) is 7.48. The number of ether oxygens (including phenoxy) is 1. The standard InChI is InChI=1S/C15H23ClN2O2/c1-11-6-5-7-12(2)14(11)18(13(19)10-16)15(3,4)20-9-8-17/h11H,5-7,9-10H2,1-4H3. The first-order chi connectivity index (χ1) is 9.35. The fraction of sp³-hybridized carbons (Fsp3) is 0.733. The third kappa shape index (κ3) is 3.74. The molecule has 1 atom stereocenters. The van der Waals surface area contributed by atoms with Gasteiger partial charge in [0.15, 0.2) is 0 Å². The Morgan fingerprint density at radius 2 is 2.25 bits per heavy atom. The van der Waals surface area contributed by atoms with E-state index in [2.05, 4.69) is 13.8 Å². The third-order valence-electron chi connectivity index (χ3n) is 3.73. The van der Waals surface area contributed by atoms with Crippen molar-refractivity contribution in [3.63, 3.8) is 0 Å². The molecular formula is C15H23ClN2O2. The number of allylic oxidation sites excluding steroid dienone is 2. The second-order valence-corrected chi connectivity index (χ2v) is 5.98. The number of carbonyl (C=O) groups excluding carboxylic acids is 1. The minimum absolute atomic E-state index is 0.0558. The molecule has 0 bridgehead atoms. The molecule has 0 aromatic carbocycles. The van der Waals surface area contributed by atoms with E-state index in [1.54, 1.807) is 18.7 Å². The van der Waals surface area contributed by atoms with Gasteiger partial charge in [-0.1, -0.05) is 12.5 Å². The molecule has 0 saturated heterocycles. The van der Waals surface area contributed by atoms with Gasteiger partial charge in [0.1, 0.15) is 18.2 Å². The van der Waals surface area contributed by atoms with Crippen molar-refractivity contribution in [2.24, 2.45) is 5.92 Å². The number of hydrogen-bond donors (Lipinski definition) is 0. The molecule has 0 saturated carbocycles. The fourth-order valence-electron chi connectivity index (χ4n) is 2.83.